The number of rotatable bonds is 6. The minimum absolute atomic E-state index is 0.0832. The monoisotopic (exact) mass is 327 g/mol. The molecule has 1 N–H and O–H groups in total. The van der Waals surface area contributed by atoms with Gasteiger partial charge >= 0.3 is 0 Å². The molecule has 5 heteroatoms. The van der Waals surface area contributed by atoms with Gasteiger partial charge in [-0.2, -0.15) is 5.26 Å². The van der Waals surface area contributed by atoms with Crippen molar-refractivity contribution >= 4 is 28.9 Å². The topological polar surface area (TPSA) is 56.1 Å². The Bertz CT molecular complexity index is 710. The number of amides is 1. The molecule has 23 heavy (non-hydrogen) atoms. The molecule has 0 aliphatic heterocycles. The lowest BCUT2D eigenvalue weighted by Gasteiger charge is -2.22. The molecule has 0 heterocycles. The number of hydrogen-bond acceptors (Lipinski definition) is 3. The Labute approximate surface area is 141 Å². The van der Waals surface area contributed by atoms with Crippen molar-refractivity contribution in [1.29, 1.82) is 5.26 Å². The SMILES string of the molecule is CCN(CCC(=O)Nc1ccc(C#N)c(Cl)c1)c1ccccc1. The van der Waals surface area contributed by atoms with E-state index in [4.69, 9.17) is 16.9 Å². The number of benzene rings is 2. The minimum Gasteiger partial charge on any atom is -0.371 e. The maximum absolute atomic E-state index is 12.1. The third-order valence-corrected chi connectivity index (χ3v) is 3.80. The molecule has 118 valence electrons. The van der Waals surface area contributed by atoms with Crippen molar-refractivity contribution in [2.75, 3.05) is 23.3 Å². The lowest BCUT2D eigenvalue weighted by Crippen LogP contribution is -2.27. The standard InChI is InChI=1S/C18H18ClN3O/c1-2-22(16-6-4-3-5-7-16)11-10-18(23)21-15-9-8-14(13-20)17(19)12-15/h3-9,12H,2,10-11H2,1H3,(H,21,23). The molecule has 0 radical (unpaired) electrons. The fourth-order valence-electron chi connectivity index (χ4n) is 2.25. The van der Waals surface area contributed by atoms with Crippen LogP contribution < -0.4 is 10.2 Å². The summed E-state index contributed by atoms with van der Waals surface area (Å²) in [5, 5.41) is 12.0. The van der Waals surface area contributed by atoms with Crippen LogP contribution in [-0.2, 0) is 4.79 Å². The number of halogens is 1. The number of para-hydroxylation sites is 1. The first-order chi connectivity index (χ1) is 11.1. The third kappa shape index (κ3) is 4.73. The minimum atomic E-state index is -0.0832. The van der Waals surface area contributed by atoms with Crippen LogP contribution >= 0.6 is 11.6 Å². The molecule has 2 aromatic carbocycles. The van der Waals surface area contributed by atoms with Crippen LogP contribution in [0.3, 0.4) is 0 Å². The zero-order chi connectivity index (χ0) is 16.7. The molecular formula is C18H18ClN3O. The maximum atomic E-state index is 12.1. The Balaban J connectivity index is 1.92. The van der Waals surface area contributed by atoms with Crippen molar-refractivity contribution in [3.63, 3.8) is 0 Å². The van der Waals surface area contributed by atoms with E-state index in [9.17, 15) is 4.79 Å². The van der Waals surface area contributed by atoms with Gasteiger partial charge in [-0.05, 0) is 37.3 Å². The average molecular weight is 328 g/mol. The van der Waals surface area contributed by atoms with E-state index in [1.165, 1.54) is 0 Å². The Morgan fingerprint density at radius 3 is 2.61 bits per heavy atom. The Morgan fingerprint density at radius 2 is 2.00 bits per heavy atom. The van der Waals surface area contributed by atoms with E-state index in [1.807, 2.05) is 36.4 Å². The van der Waals surface area contributed by atoms with E-state index in [1.54, 1.807) is 18.2 Å². The van der Waals surface area contributed by atoms with E-state index < -0.39 is 0 Å². The predicted octanol–water partition coefficient (Wildman–Crippen LogP) is 4.07. The zero-order valence-electron chi connectivity index (χ0n) is 12.9. The first kappa shape index (κ1) is 16.9. The summed E-state index contributed by atoms with van der Waals surface area (Å²) in [6.07, 6.45) is 0.375. The number of carbonyl (C=O) groups is 1. The highest BCUT2D eigenvalue weighted by Crippen LogP contribution is 2.20. The van der Waals surface area contributed by atoms with Crippen LogP contribution in [0.5, 0.6) is 0 Å². The van der Waals surface area contributed by atoms with Crippen molar-refractivity contribution in [2.24, 2.45) is 0 Å². The first-order valence-corrected chi connectivity index (χ1v) is 7.81. The van der Waals surface area contributed by atoms with Crippen molar-refractivity contribution in [2.45, 2.75) is 13.3 Å². The molecule has 2 rings (SSSR count). The summed E-state index contributed by atoms with van der Waals surface area (Å²) >= 11 is 5.96. The van der Waals surface area contributed by atoms with Gasteiger partial charge in [-0.15, -0.1) is 0 Å². The Morgan fingerprint density at radius 1 is 1.26 bits per heavy atom. The molecule has 0 aromatic heterocycles. The van der Waals surface area contributed by atoms with Crippen LogP contribution in [0.2, 0.25) is 5.02 Å². The van der Waals surface area contributed by atoms with Gasteiger partial charge in [0.15, 0.2) is 0 Å². The van der Waals surface area contributed by atoms with Crippen molar-refractivity contribution in [3.05, 3.63) is 59.1 Å². The smallest absolute Gasteiger partial charge is 0.226 e. The normalized spacial score (nSPS) is 9.96. The summed E-state index contributed by atoms with van der Waals surface area (Å²) < 4.78 is 0. The highest BCUT2D eigenvalue weighted by molar-refractivity contribution is 6.32. The molecule has 0 spiro atoms. The van der Waals surface area contributed by atoms with Crippen molar-refractivity contribution < 1.29 is 4.79 Å². The van der Waals surface area contributed by atoms with Gasteiger partial charge in [-0.25, -0.2) is 0 Å². The molecule has 4 nitrogen and oxygen atoms in total. The van der Waals surface area contributed by atoms with Gasteiger partial charge in [0.25, 0.3) is 0 Å². The number of nitrogens with zero attached hydrogens (tertiary/aromatic N) is 2. The molecule has 0 saturated heterocycles. The fraction of sp³-hybridized carbons (Fsp3) is 0.222. The quantitative estimate of drug-likeness (QED) is 0.870. The van der Waals surface area contributed by atoms with E-state index in [0.717, 1.165) is 12.2 Å². The van der Waals surface area contributed by atoms with Gasteiger partial charge in [0.2, 0.25) is 5.91 Å². The lowest BCUT2D eigenvalue weighted by atomic mass is 10.2. The largest absolute Gasteiger partial charge is 0.371 e. The Kier molecular flexibility index (Phi) is 6.02. The maximum Gasteiger partial charge on any atom is 0.226 e. The number of anilines is 2. The molecule has 1 amide bonds. The van der Waals surface area contributed by atoms with Crippen LogP contribution in [0.25, 0.3) is 0 Å². The van der Waals surface area contributed by atoms with Crippen molar-refractivity contribution in [1.82, 2.24) is 0 Å². The number of nitriles is 1. The summed E-state index contributed by atoms with van der Waals surface area (Å²) in [5.41, 5.74) is 2.09. The average Bonchev–Trinajstić information content (AvgIpc) is 2.56. The summed E-state index contributed by atoms with van der Waals surface area (Å²) in [5.74, 6) is -0.0832. The van der Waals surface area contributed by atoms with Gasteiger partial charge < -0.3 is 10.2 Å². The van der Waals surface area contributed by atoms with E-state index in [0.29, 0.717) is 29.2 Å². The van der Waals surface area contributed by atoms with Crippen LogP contribution in [0.15, 0.2) is 48.5 Å². The van der Waals surface area contributed by atoms with E-state index in [2.05, 4.69) is 17.1 Å². The molecular weight excluding hydrogens is 310 g/mol. The van der Waals surface area contributed by atoms with Crippen LogP contribution in [-0.4, -0.2) is 19.0 Å². The third-order valence-electron chi connectivity index (χ3n) is 3.49. The highest BCUT2D eigenvalue weighted by Gasteiger charge is 2.09. The van der Waals surface area contributed by atoms with Crippen LogP contribution in [0, 0.1) is 11.3 Å². The summed E-state index contributed by atoms with van der Waals surface area (Å²) in [4.78, 5) is 14.2. The molecule has 0 fully saturated rings. The molecule has 0 aliphatic carbocycles. The van der Waals surface area contributed by atoms with Crippen molar-refractivity contribution in [3.8, 4) is 6.07 Å². The summed E-state index contributed by atoms with van der Waals surface area (Å²) in [6, 6.07) is 16.9. The first-order valence-electron chi connectivity index (χ1n) is 7.43. The molecule has 2 aromatic rings. The second-order valence-corrected chi connectivity index (χ2v) is 5.43. The molecule has 0 atom stereocenters. The van der Waals surface area contributed by atoms with Gasteiger partial charge in [-0.1, -0.05) is 29.8 Å². The van der Waals surface area contributed by atoms with Gasteiger partial charge in [-0.3, -0.25) is 4.79 Å². The summed E-state index contributed by atoms with van der Waals surface area (Å²) in [7, 11) is 0. The van der Waals surface area contributed by atoms with Gasteiger partial charge in [0.1, 0.15) is 6.07 Å². The lowest BCUT2D eigenvalue weighted by molar-refractivity contribution is -0.116. The highest BCUT2D eigenvalue weighted by atomic mass is 35.5. The van der Waals surface area contributed by atoms with Gasteiger partial charge in [0, 0.05) is 30.9 Å². The van der Waals surface area contributed by atoms with Crippen LogP contribution in [0.1, 0.15) is 18.9 Å². The zero-order valence-corrected chi connectivity index (χ0v) is 13.7. The predicted molar refractivity (Wildman–Crippen MR) is 93.7 cm³/mol. The van der Waals surface area contributed by atoms with Gasteiger partial charge in [0.05, 0.1) is 10.6 Å². The Hall–Kier alpha value is -2.51. The van der Waals surface area contributed by atoms with Crippen LogP contribution in [0.4, 0.5) is 11.4 Å². The molecule has 0 saturated carbocycles. The second-order valence-electron chi connectivity index (χ2n) is 5.02. The number of hydrogen-bond donors (Lipinski definition) is 1. The fourth-order valence-corrected chi connectivity index (χ4v) is 2.47. The number of carbonyl (C=O) groups excluding carboxylic acids is 1. The molecule has 0 unspecified atom stereocenters. The molecule has 0 aliphatic rings. The summed E-state index contributed by atoms with van der Waals surface area (Å²) in [6.45, 7) is 3.53. The number of nitrogens with one attached hydrogen (secondary N) is 1. The molecule has 0 bridgehead atoms. The van der Waals surface area contributed by atoms with E-state index >= 15 is 0 Å². The second kappa shape index (κ2) is 8.21. The van der Waals surface area contributed by atoms with E-state index in [-0.39, 0.29) is 5.91 Å².